The molecule has 1 N–H and O–H groups in total. The highest BCUT2D eigenvalue weighted by atomic mass is 16.6. The van der Waals surface area contributed by atoms with Gasteiger partial charge in [0.1, 0.15) is 5.54 Å². The summed E-state index contributed by atoms with van der Waals surface area (Å²) < 4.78 is 5.92. The maximum atomic E-state index is 13.2. The molecule has 1 heterocycles. The highest BCUT2D eigenvalue weighted by molar-refractivity contribution is 5.83. The Hall–Kier alpha value is -0.570. The molecule has 0 bridgehead atoms. The molecule has 2 aliphatic carbocycles. The maximum Gasteiger partial charge on any atom is 0.328 e. The fourth-order valence-corrected chi connectivity index (χ4v) is 6.04. The molecule has 3 heteroatoms. The second-order valence-electron chi connectivity index (χ2n) is 10.8. The van der Waals surface area contributed by atoms with Gasteiger partial charge in [0.2, 0.25) is 0 Å². The number of hydrogen-bond donors (Lipinski definition) is 1. The Bertz CT molecular complexity index is 467. The average Bonchev–Trinajstić information content (AvgIpc) is 2.98. The van der Waals surface area contributed by atoms with E-state index in [1.165, 1.54) is 64.2 Å². The molecule has 156 valence electrons. The Morgan fingerprint density at radius 3 is 1.93 bits per heavy atom. The van der Waals surface area contributed by atoms with E-state index in [1.54, 1.807) is 0 Å². The van der Waals surface area contributed by atoms with Gasteiger partial charge in [-0.2, -0.15) is 0 Å². The van der Waals surface area contributed by atoms with E-state index in [0.717, 1.165) is 31.1 Å². The van der Waals surface area contributed by atoms with Gasteiger partial charge in [-0.15, -0.1) is 0 Å². The lowest BCUT2D eigenvalue weighted by molar-refractivity contribution is -0.149. The number of carbonyl (C=O) groups is 1. The summed E-state index contributed by atoms with van der Waals surface area (Å²) in [6.45, 7) is 8.70. The van der Waals surface area contributed by atoms with Gasteiger partial charge < -0.3 is 4.74 Å². The molecule has 1 unspecified atom stereocenters. The first kappa shape index (κ1) is 21.1. The molecule has 0 radical (unpaired) electrons. The molecule has 3 nitrogen and oxygen atoms in total. The van der Waals surface area contributed by atoms with Gasteiger partial charge in [-0.1, -0.05) is 98.3 Å². The molecule has 3 fully saturated rings. The zero-order valence-corrected chi connectivity index (χ0v) is 18.3. The van der Waals surface area contributed by atoms with Crippen molar-refractivity contribution in [1.82, 2.24) is 5.32 Å². The van der Waals surface area contributed by atoms with Gasteiger partial charge in [0.15, 0.2) is 6.23 Å². The van der Waals surface area contributed by atoms with Crippen molar-refractivity contribution >= 4 is 5.97 Å². The van der Waals surface area contributed by atoms with Crippen molar-refractivity contribution in [2.75, 3.05) is 0 Å². The highest BCUT2D eigenvalue weighted by Gasteiger charge is 2.53. The van der Waals surface area contributed by atoms with Crippen LogP contribution in [0, 0.1) is 23.2 Å². The van der Waals surface area contributed by atoms with E-state index in [9.17, 15) is 4.79 Å². The highest BCUT2D eigenvalue weighted by Crippen LogP contribution is 2.46. The zero-order chi connectivity index (χ0) is 19.5. The predicted octanol–water partition coefficient (Wildman–Crippen LogP) is 6.21. The van der Waals surface area contributed by atoms with Crippen molar-refractivity contribution in [2.45, 2.75) is 123 Å². The van der Waals surface area contributed by atoms with E-state index in [0.29, 0.717) is 5.92 Å². The van der Waals surface area contributed by atoms with Gasteiger partial charge in [0, 0.05) is 5.41 Å². The number of rotatable bonds is 6. The molecule has 3 aliphatic rings. The number of carbonyl (C=O) groups excluding carboxylic acids is 1. The van der Waals surface area contributed by atoms with Crippen LogP contribution in [0.5, 0.6) is 0 Å². The van der Waals surface area contributed by atoms with E-state index in [1.807, 2.05) is 0 Å². The molecule has 0 spiro atoms. The largest absolute Gasteiger partial charge is 0.445 e. The summed E-state index contributed by atoms with van der Waals surface area (Å²) in [7, 11) is 0. The summed E-state index contributed by atoms with van der Waals surface area (Å²) in [4.78, 5) is 13.2. The van der Waals surface area contributed by atoms with E-state index < -0.39 is 5.54 Å². The summed E-state index contributed by atoms with van der Waals surface area (Å²) in [6, 6.07) is 0. The second kappa shape index (κ2) is 8.84. The van der Waals surface area contributed by atoms with Crippen LogP contribution < -0.4 is 5.32 Å². The first-order chi connectivity index (χ1) is 12.9. The molecule has 0 aromatic rings. The van der Waals surface area contributed by atoms with Crippen LogP contribution in [0.4, 0.5) is 0 Å². The van der Waals surface area contributed by atoms with E-state index >= 15 is 0 Å². The van der Waals surface area contributed by atoms with Crippen molar-refractivity contribution in [3.8, 4) is 0 Å². The molecular weight excluding hydrogens is 334 g/mol. The van der Waals surface area contributed by atoms with Gasteiger partial charge in [0.25, 0.3) is 0 Å². The van der Waals surface area contributed by atoms with Crippen LogP contribution in [-0.4, -0.2) is 17.7 Å². The van der Waals surface area contributed by atoms with Crippen molar-refractivity contribution in [2.24, 2.45) is 23.2 Å². The standard InChI is InChI=1S/C24H43NO2/c1-5-16-24(22(26)27-21(25-24)23(2,3)4)17-20(18-12-8-6-9-13-18)19-14-10-7-11-15-19/h18-21,25H,5-17H2,1-4H3/t21?,24-/m0/s1. The van der Waals surface area contributed by atoms with E-state index in [4.69, 9.17) is 4.74 Å². The van der Waals surface area contributed by atoms with Gasteiger partial charge in [-0.25, -0.2) is 4.79 Å². The topological polar surface area (TPSA) is 38.3 Å². The van der Waals surface area contributed by atoms with Crippen LogP contribution in [-0.2, 0) is 9.53 Å². The average molecular weight is 378 g/mol. The lowest BCUT2D eigenvalue weighted by Gasteiger charge is -2.42. The van der Waals surface area contributed by atoms with Crippen LogP contribution in [0.3, 0.4) is 0 Å². The van der Waals surface area contributed by atoms with Crippen molar-refractivity contribution < 1.29 is 9.53 Å². The second-order valence-corrected chi connectivity index (χ2v) is 10.8. The Balaban J connectivity index is 1.82. The molecule has 1 aliphatic heterocycles. The van der Waals surface area contributed by atoms with Crippen molar-refractivity contribution in [3.63, 3.8) is 0 Å². The summed E-state index contributed by atoms with van der Waals surface area (Å²) in [5, 5.41) is 3.73. The lowest BCUT2D eigenvalue weighted by atomic mass is 9.65. The van der Waals surface area contributed by atoms with Gasteiger partial charge in [-0.05, 0) is 30.6 Å². The monoisotopic (exact) mass is 377 g/mol. The molecular formula is C24H43NO2. The van der Waals surface area contributed by atoms with Crippen LogP contribution in [0.1, 0.15) is 111 Å². The maximum absolute atomic E-state index is 13.2. The normalized spacial score (nSPS) is 31.4. The predicted molar refractivity (Wildman–Crippen MR) is 111 cm³/mol. The summed E-state index contributed by atoms with van der Waals surface area (Å²) in [6.07, 6.45) is 16.6. The first-order valence-corrected chi connectivity index (χ1v) is 11.8. The fourth-order valence-electron chi connectivity index (χ4n) is 6.04. The quantitative estimate of drug-likeness (QED) is 0.559. The smallest absolute Gasteiger partial charge is 0.328 e. The molecule has 0 aromatic carbocycles. The van der Waals surface area contributed by atoms with Gasteiger partial charge >= 0.3 is 5.97 Å². The van der Waals surface area contributed by atoms with Crippen molar-refractivity contribution in [1.29, 1.82) is 0 Å². The van der Waals surface area contributed by atoms with Crippen LogP contribution in [0.15, 0.2) is 0 Å². The van der Waals surface area contributed by atoms with Crippen LogP contribution in [0.25, 0.3) is 0 Å². The SMILES string of the molecule is CCC[C@@]1(CC(C2CCCCC2)C2CCCCC2)NC(C(C)(C)C)OC1=O. The summed E-state index contributed by atoms with van der Waals surface area (Å²) >= 11 is 0. The summed E-state index contributed by atoms with van der Waals surface area (Å²) in [5.74, 6) is 2.36. The van der Waals surface area contributed by atoms with Crippen LogP contribution in [0.2, 0.25) is 0 Å². The number of cyclic esters (lactones) is 1. The van der Waals surface area contributed by atoms with Crippen molar-refractivity contribution in [3.05, 3.63) is 0 Å². The molecule has 2 atom stereocenters. The van der Waals surface area contributed by atoms with Gasteiger partial charge in [0.05, 0.1) is 0 Å². The zero-order valence-electron chi connectivity index (χ0n) is 18.3. The third-order valence-electron chi connectivity index (χ3n) is 7.58. The van der Waals surface area contributed by atoms with Crippen LogP contribution >= 0.6 is 0 Å². The van der Waals surface area contributed by atoms with Gasteiger partial charge in [-0.3, -0.25) is 5.32 Å². The summed E-state index contributed by atoms with van der Waals surface area (Å²) in [5.41, 5.74) is -0.511. The Kier molecular flexibility index (Phi) is 6.93. The minimum Gasteiger partial charge on any atom is -0.445 e. The number of nitrogens with one attached hydrogen (secondary N) is 1. The molecule has 1 saturated heterocycles. The fraction of sp³-hybridized carbons (Fsp3) is 0.958. The number of esters is 1. The number of ether oxygens (including phenoxy) is 1. The Morgan fingerprint density at radius 1 is 1.00 bits per heavy atom. The number of hydrogen-bond acceptors (Lipinski definition) is 3. The Labute approximate surface area is 167 Å². The van der Waals surface area contributed by atoms with E-state index in [-0.39, 0.29) is 17.6 Å². The lowest BCUT2D eigenvalue weighted by Crippen LogP contribution is -2.52. The molecule has 0 aromatic heterocycles. The minimum absolute atomic E-state index is 0.0286. The minimum atomic E-state index is -0.452. The first-order valence-electron chi connectivity index (χ1n) is 11.8. The Morgan fingerprint density at radius 2 is 1.52 bits per heavy atom. The molecule has 0 amide bonds. The molecule has 2 saturated carbocycles. The third kappa shape index (κ3) is 4.89. The van der Waals surface area contributed by atoms with E-state index in [2.05, 4.69) is 33.0 Å². The molecule has 3 rings (SSSR count). The molecule has 27 heavy (non-hydrogen) atoms. The third-order valence-corrected chi connectivity index (χ3v) is 7.58.